The van der Waals surface area contributed by atoms with Gasteiger partial charge in [-0.3, -0.25) is 4.79 Å². The second-order valence-corrected chi connectivity index (χ2v) is 4.38. The molecule has 1 heterocycles. The molecule has 1 saturated heterocycles. The van der Waals surface area contributed by atoms with E-state index in [0.29, 0.717) is 6.54 Å². The topological polar surface area (TPSA) is 20.3 Å². The lowest BCUT2D eigenvalue weighted by molar-refractivity contribution is -0.128. The highest BCUT2D eigenvalue weighted by Gasteiger charge is 2.38. The minimum atomic E-state index is 0.0766. The summed E-state index contributed by atoms with van der Waals surface area (Å²) < 4.78 is 0. The van der Waals surface area contributed by atoms with Crippen LogP contribution < -0.4 is 0 Å². The van der Waals surface area contributed by atoms with Crippen molar-refractivity contribution >= 4 is 17.5 Å². The Hall–Kier alpha value is -0.240. The van der Waals surface area contributed by atoms with Gasteiger partial charge in [0, 0.05) is 25.4 Å². The van der Waals surface area contributed by atoms with Crippen LogP contribution in [0.25, 0.3) is 0 Å². The molecular weight excluding hydrogens is 162 g/mol. The third-order valence-corrected chi connectivity index (χ3v) is 3.00. The Labute approximate surface area is 72.5 Å². The molecule has 3 heteroatoms. The van der Waals surface area contributed by atoms with Crippen LogP contribution in [0, 0.1) is 5.41 Å². The van der Waals surface area contributed by atoms with Crippen molar-refractivity contribution in [3.8, 4) is 0 Å². The molecule has 1 fully saturated rings. The van der Waals surface area contributed by atoms with Crippen LogP contribution in [0.2, 0.25) is 0 Å². The number of rotatable bonds is 0. The van der Waals surface area contributed by atoms with Crippen LogP contribution in [-0.2, 0) is 4.79 Å². The first-order chi connectivity index (χ1) is 4.93. The van der Waals surface area contributed by atoms with Crippen molar-refractivity contribution in [1.29, 1.82) is 0 Å². The van der Waals surface area contributed by atoms with E-state index >= 15 is 0 Å². The molecular formula is C8H14ClNO. The average Bonchev–Trinajstić information content (AvgIpc) is 2.08. The van der Waals surface area contributed by atoms with Crippen LogP contribution >= 0.6 is 11.6 Å². The van der Waals surface area contributed by atoms with E-state index in [1.807, 2.05) is 0 Å². The Bertz CT molecular complexity index is 179. The van der Waals surface area contributed by atoms with Crippen LogP contribution in [0.15, 0.2) is 0 Å². The number of hydrogen-bond donors (Lipinski definition) is 0. The van der Waals surface area contributed by atoms with E-state index in [2.05, 4.69) is 13.8 Å². The molecule has 0 aliphatic carbocycles. The maximum absolute atomic E-state index is 10.9. The fourth-order valence-corrected chi connectivity index (χ4v) is 1.57. The van der Waals surface area contributed by atoms with Crippen LogP contribution in [0.1, 0.15) is 20.8 Å². The van der Waals surface area contributed by atoms with E-state index in [1.54, 1.807) is 11.8 Å². The zero-order valence-corrected chi connectivity index (χ0v) is 7.98. The van der Waals surface area contributed by atoms with E-state index < -0.39 is 0 Å². The van der Waals surface area contributed by atoms with Gasteiger partial charge >= 0.3 is 0 Å². The van der Waals surface area contributed by atoms with Gasteiger partial charge in [-0.05, 0) is 0 Å². The molecule has 1 aliphatic rings. The van der Waals surface area contributed by atoms with Gasteiger partial charge in [-0.2, -0.15) is 0 Å². The lowest BCUT2D eigenvalue weighted by atomic mass is 9.92. The molecule has 0 bridgehead atoms. The molecule has 1 aliphatic heterocycles. The predicted molar refractivity (Wildman–Crippen MR) is 45.7 cm³/mol. The monoisotopic (exact) mass is 175 g/mol. The smallest absolute Gasteiger partial charge is 0.219 e. The Morgan fingerprint density at radius 3 is 2.36 bits per heavy atom. The van der Waals surface area contributed by atoms with Gasteiger partial charge in [0.25, 0.3) is 0 Å². The van der Waals surface area contributed by atoms with Crippen molar-refractivity contribution in [2.45, 2.75) is 26.1 Å². The fraction of sp³-hybridized carbons (Fsp3) is 0.875. The molecule has 0 aromatic carbocycles. The molecule has 1 amide bonds. The van der Waals surface area contributed by atoms with Crippen molar-refractivity contribution in [2.75, 3.05) is 13.1 Å². The van der Waals surface area contributed by atoms with Crippen LogP contribution in [0.4, 0.5) is 0 Å². The quantitative estimate of drug-likeness (QED) is 0.511. The highest BCUT2D eigenvalue weighted by atomic mass is 35.5. The van der Waals surface area contributed by atoms with Crippen molar-refractivity contribution < 1.29 is 4.79 Å². The normalized spacial score (nSPS) is 29.1. The van der Waals surface area contributed by atoms with Gasteiger partial charge in [0.1, 0.15) is 0 Å². The molecule has 1 atom stereocenters. The van der Waals surface area contributed by atoms with Crippen molar-refractivity contribution in [1.82, 2.24) is 4.90 Å². The van der Waals surface area contributed by atoms with Gasteiger partial charge in [-0.25, -0.2) is 0 Å². The SMILES string of the molecule is CC(=O)N1CC(Cl)C(C)(C)C1. The Morgan fingerprint density at radius 1 is 1.64 bits per heavy atom. The van der Waals surface area contributed by atoms with Gasteiger partial charge in [0.15, 0.2) is 0 Å². The van der Waals surface area contributed by atoms with Gasteiger partial charge in [0.2, 0.25) is 5.91 Å². The first-order valence-corrected chi connectivity index (χ1v) is 4.27. The number of halogens is 1. The van der Waals surface area contributed by atoms with E-state index in [9.17, 15) is 4.79 Å². The van der Waals surface area contributed by atoms with Crippen LogP contribution in [-0.4, -0.2) is 29.3 Å². The van der Waals surface area contributed by atoms with E-state index in [-0.39, 0.29) is 16.7 Å². The molecule has 1 rings (SSSR count). The van der Waals surface area contributed by atoms with Crippen LogP contribution in [0.5, 0.6) is 0 Å². The second-order valence-electron chi connectivity index (χ2n) is 3.86. The Balaban J connectivity index is 2.64. The van der Waals surface area contributed by atoms with Crippen molar-refractivity contribution in [2.24, 2.45) is 5.41 Å². The number of amides is 1. The minimum Gasteiger partial charge on any atom is -0.341 e. The van der Waals surface area contributed by atoms with Crippen molar-refractivity contribution in [3.05, 3.63) is 0 Å². The van der Waals surface area contributed by atoms with E-state index in [4.69, 9.17) is 11.6 Å². The predicted octanol–water partition coefficient (Wildman–Crippen LogP) is 1.48. The van der Waals surface area contributed by atoms with Gasteiger partial charge in [-0.15, -0.1) is 11.6 Å². The molecule has 0 N–H and O–H groups in total. The molecule has 11 heavy (non-hydrogen) atoms. The van der Waals surface area contributed by atoms with E-state index in [0.717, 1.165) is 6.54 Å². The average molecular weight is 176 g/mol. The Morgan fingerprint density at radius 2 is 2.18 bits per heavy atom. The van der Waals surface area contributed by atoms with Gasteiger partial charge in [0.05, 0.1) is 5.38 Å². The first-order valence-electron chi connectivity index (χ1n) is 3.83. The first kappa shape index (κ1) is 8.85. The number of likely N-dealkylation sites (tertiary alicyclic amines) is 1. The maximum Gasteiger partial charge on any atom is 0.219 e. The Kier molecular flexibility index (Phi) is 2.15. The molecule has 0 saturated carbocycles. The summed E-state index contributed by atoms with van der Waals surface area (Å²) in [5, 5.41) is 0.103. The summed E-state index contributed by atoms with van der Waals surface area (Å²) >= 11 is 6.05. The fourth-order valence-electron chi connectivity index (χ4n) is 1.34. The standard InChI is InChI=1S/C8H14ClNO/c1-6(11)10-4-7(9)8(2,3)5-10/h7H,4-5H2,1-3H3. The third-order valence-electron chi connectivity index (χ3n) is 2.27. The number of carbonyl (C=O) groups is 1. The summed E-state index contributed by atoms with van der Waals surface area (Å²) in [6.45, 7) is 7.26. The van der Waals surface area contributed by atoms with Gasteiger partial charge < -0.3 is 4.90 Å². The second kappa shape index (κ2) is 2.67. The maximum atomic E-state index is 10.9. The number of nitrogens with zero attached hydrogens (tertiary/aromatic N) is 1. The molecule has 1 unspecified atom stereocenters. The zero-order chi connectivity index (χ0) is 8.65. The summed E-state index contributed by atoms with van der Waals surface area (Å²) in [6, 6.07) is 0. The number of alkyl halides is 1. The largest absolute Gasteiger partial charge is 0.341 e. The molecule has 0 aromatic rings. The number of carbonyl (C=O) groups excluding carboxylic acids is 1. The van der Waals surface area contributed by atoms with Crippen LogP contribution in [0.3, 0.4) is 0 Å². The highest BCUT2D eigenvalue weighted by molar-refractivity contribution is 6.21. The summed E-state index contributed by atoms with van der Waals surface area (Å²) in [7, 11) is 0. The molecule has 2 nitrogen and oxygen atoms in total. The summed E-state index contributed by atoms with van der Waals surface area (Å²) in [4.78, 5) is 12.7. The summed E-state index contributed by atoms with van der Waals surface area (Å²) in [6.07, 6.45) is 0. The minimum absolute atomic E-state index is 0.0766. The summed E-state index contributed by atoms with van der Waals surface area (Å²) in [5.74, 6) is 0.126. The molecule has 64 valence electrons. The lowest BCUT2D eigenvalue weighted by Gasteiger charge is -2.19. The molecule has 0 spiro atoms. The van der Waals surface area contributed by atoms with E-state index in [1.165, 1.54) is 0 Å². The lowest BCUT2D eigenvalue weighted by Crippen LogP contribution is -2.27. The number of hydrogen-bond acceptors (Lipinski definition) is 1. The summed E-state index contributed by atoms with van der Waals surface area (Å²) in [5.41, 5.74) is 0.0766. The molecule has 0 radical (unpaired) electrons. The third kappa shape index (κ3) is 1.67. The van der Waals surface area contributed by atoms with Gasteiger partial charge in [-0.1, -0.05) is 13.8 Å². The molecule has 0 aromatic heterocycles. The highest BCUT2D eigenvalue weighted by Crippen LogP contribution is 2.33. The zero-order valence-electron chi connectivity index (χ0n) is 7.22. The van der Waals surface area contributed by atoms with Crippen molar-refractivity contribution in [3.63, 3.8) is 0 Å².